The fourth-order valence-electron chi connectivity index (χ4n) is 4.58. The Kier molecular flexibility index (Phi) is 6.81. The molecule has 2 aliphatic heterocycles. The van der Waals surface area contributed by atoms with Crippen LogP contribution in [-0.2, 0) is 18.8 Å². The maximum Gasteiger partial charge on any atom is 0.279 e. The highest BCUT2D eigenvalue weighted by Gasteiger charge is 2.44. The summed E-state index contributed by atoms with van der Waals surface area (Å²) in [7, 11) is 3.64. The van der Waals surface area contributed by atoms with E-state index in [2.05, 4.69) is 4.90 Å². The molecule has 0 radical (unpaired) electrons. The summed E-state index contributed by atoms with van der Waals surface area (Å²) < 4.78 is 8.99. The molecule has 0 saturated carbocycles. The zero-order valence-corrected chi connectivity index (χ0v) is 21.0. The number of hydrogen-bond acceptors (Lipinski definition) is 5. The molecule has 0 spiro atoms. The highest BCUT2D eigenvalue weighted by atomic mass is 35.5. The van der Waals surface area contributed by atoms with Crippen LogP contribution in [0.2, 0.25) is 5.02 Å². The van der Waals surface area contributed by atoms with E-state index in [0.717, 1.165) is 30.3 Å². The number of aryl methyl sites for hydroxylation is 2. The topological polar surface area (TPSA) is 72.6 Å². The minimum absolute atomic E-state index is 0.0892. The maximum absolute atomic E-state index is 13.7. The van der Waals surface area contributed by atoms with Crippen LogP contribution in [0.4, 0.5) is 11.6 Å². The fourth-order valence-corrected chi connectivity index (χ4v) is 4.70. The van der Waals surface area contributed by atoms with Gasteiger partial charge in [-0.2, -0.15) is 0 Å². The van der Waals surface area contributed by atoms with Crippen molar-refractivity contribution in [3.8, 4) is 0 Å². The highest BCUT2D eigenvalue weighted by Crippen LogP contribution is 2.43. The van der Waals surface area contributed by atoms with Crippen molar-refractivity contribution in [2.45, 2.75) is 26.8 Å². The number of halogens is 1. The van der Waals surface area contributed by atoms with Crippen molar-refractivity contribution in [2.75, 3.05) is 36.1 Å². The van der Waals surface area contributed by atoms with Crippen molar-refractivity contribution in [2.24, 2.45) is 14.1 Å². The second-order valence-electron chi connectivity index (χ2n) is 8.23. The quantitative estimate of drug-likeness (QED) is 0.568. The van der Waals surface area contributed by atoms with E-state index < -0.39 is 0 Å². The first-order chi connectivity index (χ1) is 16.4. The number of benzene rings is 1. The lowest BCUT2D eigenvalue weighted by Gasteiger charge is -2.30. The predicted molar refractivity (Wildman–Crippen MR) is 134 cm³/mol. The molecule has 1 saturated heterocycles. The number of morpholine rings is 1. The molecule has 1 atom stereocenters. The van der Waals surface area contributed by atoms with Gasteiger partial charge in [0.25, 0.3) is 11.5 Å². The Bertz CT molecular complexity index is 1230. The Labute approximate surface area is 204 Å². The third-order valence-corrected chi connectivity index (χ3v) is 6.41. The SMILES string of the molecule is CC.Cc1cc(N2C(=O)c3nc(N4CCOCC4)n(C)c3C2c2ccc(Cl)cc2)cn(C)c1=O. The van der Waals surface area contributed by atoms with Gasteiger partial charge in [0.1, 0.15) is 6.04 Å². The number of rotatable bonds is 3. The van der Waals surface area contributed by atoms with Gasteiger partial charge >= 0.3 is 0 Å². The number of amides is 1. The van der Waals surface area contributed by atoms with Crippen LogP contribution in [0.3, 0.4) is 0 Å². The molecule has 0 bridgehead atoms. The number of imidazole rings is 1. The third kappa shape index (κ3) is 4.01. The molecule has 1 aromatic carbocycles. The number of carbonyl (C=O) groups is 1. The molecule has 1 unspecified atom stereocenters. The van der Waals surface area contributed by atoms with Gasteiger partial charge in [-0.1, -0.05) is 37.6 Å². The summed E-state index contributed by atoms with van der Waals surface area (Å²) >= 11 is 6.14. The van der Waals surface area contributed by atoms with E-state index >= 15 is 0 Å². The van der Waals surface area contributed by atoms with E-state index in [9.17, 15) is 9.59 Å². The minimum Gasteiger partial charge on any atom is -0.378 e. The summed E-state index contributed by atoms with van der Waals surface area (Å²) in [5.74, 6) is 0.579. The predicted octanol–water partition coefficient (Wildman–Crippen LogP) is 3.69. The normalized spacial score (nSPS) is 17.5. The first-order valence-electron chi connectivity index (χ1n) is 11.5. The van der Waals surface area contributed by atoms with Crippen molar-refractivity contribution < 1.29 is 9.53 Å². The van der Waals surface area contributed by atoms with Gasteiger partial charge in [0.2, 0.25) is 5.95 Å². The number of hydrogen-bond donors (Lipinski definition) is 0. The minimum atomic E-state index is -0.390. The van der Waals surface area contributed by atoms with Crippen LogP contribution >= 0.6 is 11.6 Å². The summed E-state index contributed by atoms with van der Waals surface area (Å²) in [5, 5.41) is 0.627. The Morgan fingerprint density at radius 1 is 1.06 bits per heavy atom. The second kappa shape index (κ2) is 9.64. The van der Waals surface area contributed by atoms with Gasteiger partial charge in [0.15, 0.2) is 5.69 Å². The molecular formula is C25H30ClN5O3. The highest BCUT2D eigenvalue weighted by molar-refractivity contribution is 6.30. The fraction of sp³-hybridized carbons (Fsp3) is 0.400. The average Bonchev–Trinajstić information content (AvgIpc) is 3.34. The van der Waals surface area contributed by atoms with E-state index in [1.165, 1.54) is 4.57 Å². The Balaban J connectivity index is 0.00000133. The molecule has 8 nitrogen and oxygen atoms in total. The van der Waals surface area contributed by atoms with Gasteiger partial charge in [0.05, 0.1) is 24.6 Å². The van der Waals surface area contributed by atoms with Crippen molar-refractivity contribution in [3.63, 3.8) is 0 Å². The van der Waals surface area contributed by atoms with Gasteiger partial charge in [0, 0.05) is 44.0 Å². The largest absolute Gasteiger partial charge is 0.378 e. The number of ether oxygens (including phenoxy) is 1. The molecule has 3 aromatic rings. The summed E-state index contributed by atoms with van der Waals surface area (Å²) in [6.45, 7) is 8.48. The standard InChI is InChI=1S/C23H24ClN5O3.C2H6/c1-14-12-17(13-26(2)21(14)30)29-19(15-4-6-16(24)7-5-15)20-18(22(29)31)25-23(27(20)3)28-8-10-32-11-9-28;1-2/h4-7,12-13,19H,8-11H2,1-3H3;1-2H3. The summed E-state index contributed by atoms with van der Waals surface area (Å²) in [6, 6.07) is 8.87. The van der Waals surface area contributed by atoms with E-state index in [4.69, 9.17) is 21.3 Å². The molecule has 9 heteroatoms. The molecule has 1 amide bonds. The van der Waals surface area contributed by atoms with Crippen molar-refractivity contribution in [3.05, 3.63) is 74.4 Å². The van der Waals surface area contributed by atoms with E-state index in [-0.39, 0.29) is 17.5 Å². The van der Waals surface area contributed by atoms with Gasteiger partial charge in [-0.3, -0.25) is 14.5 Å². The van der Waals surface area contributed by atoms with Crippen LogP contribution in [0.25, 0.3) is 0 Å². The molecule has 5 rings (SSSR count). The lowest BCUT2D eigenvalue weighted by molar-refractivity contribution is 0.0989. The van der Waals surface area contributed by atoms with Crippen molar-refractivity contribution in [1.82, 2.24) is 14.1 Å². The number of carbonyl (C=O) groups excluding carboxylic acids is 1. The van der Waals surface area contributed by atoms with Crippen LogP contribution in [0.15, 0.2) is 41.3 Å². The van der Waals surface area contributed by atoms with Crippen molar-refractivity contribution in [1.29, 1.82) is 0 Å². The van der Waals surface area contributed by atoms with E-state index in [0.29, 0.717) is 35.2 Å². The molecule has 2 aliphatic rings. The van der Waals surface area contributed by atoms with Gasteiger partial charge in [-0.05, 0) is 30.7 Å². The maximum atomic E-state index is 13.7. The van der Waals surface area contributed by atoms with Gasteiger partial charge in [-0.15, -0.1) is 0 Å². The summed E-state index contributed by atoms with van der Waals surface area (Å²) in [6.07, 6.45) is 1.70. The van der Waals surface area contributed by atoms with Gasteiger partial charge < -0.3 is 18.8 Å². The molecule has 0 aliphatic carbocycles. The Hall–Kier alpha value is -3.10. The lowest BCUT2D eigenvalue weighted by Crippen LogP contribution is -2.38. The average molecular weight is 484 g/mol. The first kappa shape index (κ1) is 24.0. The molecule has 1 fully saturated rings. The molecule has 2 aromatic heterocycles. The molecule has 180 valence electrons. The number of aromatic nitrogens is 3. The second-order valence-corrected chi connectivity index (χ2v) is 8.67. The first-order valence-corrected chi connectivity index (χ1v) is 11.9. The zero-order chi connectivity index (χ0) is 24.6. The number of fused-ring (bicyclic) bond motifs is 1. The Morgan fingerprint density at radius 3 is 2.32 bits per heavy atom. The monoisotopic (exact) mass is 483 g/mol. The number of nitrogens with zero attached hydrogens (tertiary/aromatic N) is 5. The smallest absolute Gasteiger partial charge is 0.279 e. The zero-order valence-electron chi connectivity index (χ0n) is 20.2. The third-order valence-electron chi connectivity index (χ3n) is 6.16. The summed E-state index contributed by atoms with van der Waals surface area (Å²) in [5.41, 5.74) is 3.31. The lowest BCUT2D eigenvalue weighted by atomic mass is 10.0. The molecule has 0 N–H and O–H groups in total. The Morgan fingerprint density at radius 2 is 1.71 bits per heavy atom. The van der Waals surface area contributed by atoms with E-state index in [1.807, 2.05) is 49.7 Å². The molecule has 4 heterocycles. The molecular weight excluding hydrogens is 454 g/mol. The van der Waals surface area contributed by atoms with Crippen LogP contribution in [0.1, 0.15) is 47.2 Å². The van der Waals surface area contributed by atoms with Crippen LogP contribution in [-0.4, -0.2) is 46.3 Å². The number of pyridine rings is 1. The van der Waals surface area contributed by atoms with Crippen molar-refractivity contribution >= 4 is 29.1 Å². The van der Waals surface area contributed by atoms with Crippen LogP contribution < -0.4 is 15.4 Å². The van der Waals surface area contributed by atoms with Crippen LogP contribution in [0.5, 0.6) is 0 Å². The van der Waals surface area contributed by atoms with E-state index in [1.54, 1.807) is 31.1 Å². The van der Waals surface area contributed by atoms with Crippen LogP contribution in [0, 0.1) is 6.92 Å². The number of anilines is 2. The summed E-state index contributed by atoms with van der Waals surface area (Å²) in [4.78, 5) is 34.6. The van der Waals surface area contributed by atoms with Gasteiger partial charge in [-0.25, -0.2) is 4.98 Å². The molecule has 34 heavy (non-hydrogen) atoms.